The molecule has 268 valence electrons. The molecule has 8 aromatic carbocycles. The zero-order valence-electron chi connectivity index (χ0n) is 31.2. The number of hydrogen-bond acceptors (Lipinski definition) is 3. The fourth-order valence-electron chi connectivity index (χ4n) is 8.78. The lowest BCUT2D eigenvalue weighted by atomic mass is 9.80. The largest absolute Gasteiger partial charge is 0.456 e. The molecule has 1 aliphatic carbocycles. The number of nitrogens with zero attached hydrogens (tertiary/aromatic N) is 2. The van der Waals surface area contributed by atoms with Gasteiger partial charge < -0.3 is 4.42 Å². The Labute approximate surface area is 331 Å². The molecule has 0 fully saturated rings. The summed E-state index contributed by atoms with van der Waals surface area (Å²) in [5.41, 5.74) is 19.3. The number of rotatable bonds is 4. The zero-order valence-corrected chi connectivity index (χ0v) is 31.2. The van der Waals surface area contributed by atoms with Crippen LogP contribution in [-0.2, 0) is 12.8 Å². The van der Waals surface area contributed by atoms with Gasteiger partial charge in [0.1, 0.15) is 11.2 Å². The van der Waals surface area contributed by atoms with E-state index in [-0.39, 0.29) is 0 Å². The van der Waals surface area contributed by atoms with Crippen LogP contribution in [0.25, 0.3) is 89.2 Å². The van der Waals surface area contributed by atoms with Crippen LogP contribution in [0.1, 0.15) is 22.3 Å². The monoisotopic (exact) mass is 728 g/mol. The molecule has 0 saturated carbocycles. The number of aromatic nitrogens is 2. The Hall–Kier alpha value is -7.36. The zero-order chi connectivity index (χ0) is 37.7. The molecule has 0 N–H and O–H groups in total. The van der Waals surface area contributed by atoms with E-state index in [1.54, 1.807) is 0 Å². The van der Waals surface area contributed by atoms with E-state index in [1.165, 1.54) is 55.5 Å². The topological polar surface area (TPSA) is 38.9 Å². The van der Waals surface area contributed by atoms with Gasteiger partial charge in [-0.05, 0) is 92.7 Å². The van der Waals surface area contributed by atoms with Crippen LogP contribution in [-0.4, -0.2) is 9.97 Å². The maximum absolute atomic E-state index is 6.47. The molecular weight excluding hydrogens is 693 g/mol. The summed E-state index contributed by atoms with van der Waals surface area (Å²) in [6.07, 6.45) is 1.56. The summed E-state index contributed by atoms with van der Waals surface area (Å²) in [6, 6.07) is 69.2. The number of furan rings is 1. The minimum absolute atomic E-state index is 0.700. The fourth-order valence-corrected chi connectivity index (χ4v) is 8.78. The highest BCUT2D eigenvalue weighted by atomic mass is 16.3. The van der Waals surface area contributed by atoms with Gasteiger partial charge in [-0.25, -0.2) is 9.97 Å². The second kappa shape index (κ2) is 13.7. The summed E-state index contributed by atoms with van der Waals surface area (Å²) in [4.78, 5) is 10.4. The Kier molecular flexibility index (Phi) is 7.96. The van der Waals surface area contributed by atoms with E-state index in [9.17, 15) is 0 Å². The van der Waals surface area contributed by atoms with E-state index in [0.29, 0.717) is 5.82 Å². The van der Waals surface area contributed by atoms with Gasteiger partial charge in [0.2, 0.25) is 0 Å². The summed E-state index contributed by atoms with van der Waals surface area (Å²) in [5, 5.41) is 2.33. The van der Waals surface area contributed by atoms with E-state index >= 15 is 0 Å². The first-order valence-electron chi connectivity index (χ1n) is 19.6. The Balaban J connectivity index is 1.12. The van der Waals surface area contributed by atoms with E-state index in [0.717, 1.165) is 63.0 Å². The van der Waals surface area contributed by atoms with Crippen LogP contribution in [0.4, 0.5) is 0 Å². The van der Waals surface area contributed by atoms with Crippen molar-refractivity contribution < 1.29 is 4.42 Å². The molecule has 0 saturated heterocycles. The number of para-hydroxylation sites is 1. The Morgan fingerprint density at radius 2 is 0.877 bits per heavy atom. The molecule has 0 atom stereocenters. The lowest BCUT2D eigenvalue weighted by molar-refractivity contribution is 0.669. The quantitative estimate of drug-likeness (QED) is 0.181. The Morgan fingerprint density at radius 3 is 1.61 bits per heavy atom. The van der Waals surface area contributed by atoms with Crippen molar-refractivity contribution in [3.05, 3.63) is 216 Å². The molecule has 0 radical (unpaired) electrons. The smallest absolute Gasteiger partial charge is 0.160 e. The predicted octanol–water partition coefficient (Wildman–Crippen LogP) is 13.9. The van der Waals surface area contributed by atoms with Crippen LogP contribution < -0.4 is 0 Å². The van der Waals surface area contributed by atoms with Crippen molar-refractivity contribution in [3.8, 4) is 67.3 Å². The first-order chi connectivity index (χ1) is 28.2. The second-order valence-electron chi connectivity index (χ2n) is 14.9. The highest BCUT2D eigenvalue weighted by Gasteiger charge is 2.24. The number of benzene rings is 8. The molecule has 0 spiro atoms. The van der Waals surface area contributed by atoms with Crippen molar-refractivity contribution in [2.75, 3.05) is 0 Å². The molecule has 3 nitrogen and oxygen atoms in total. The van der Waals surface area contributed by atoms with Crippen LogP contribution in [0.5, 0.6) is 0 Å². The van der Waals surface area contributed by atoms with Crippen molar-refractivity contribution in [2.24, 2.45) is 0 Å². The third-order valence-corrected chi connectivity index (χ3v) is 11.4. The van der Waals surface area contributed by atoms with Gasteiger partial charge in [0.05, 0.1) is 11.4 Å². The minimum atomic E-state index is 0.700. The molecule has 0 bridgehead atoms. The minimum Gasteiger partial charge on any atom is -0.456 e. The predicted molar refractivity (Wildman–Crippen MR) is 234 cm³/mol. The molecule has 2 heterocycles. The van der Waals surface area contributed by atoms with Gasteiger partial charge >= 0.3 is 0 Å². The van der Waals surface area contributed by atoms with Crippen molar-refractivity contribution in [1.82, 2.24) is 9.97 Å². The van der Waals surface area contributed by atoms with Gasteiger partial charge in [0.25, 0.3) is 0 Å². The normalized spacial score (nSPS) is 12.1. The van der Waals surface area contributed by atoms with Gasteiger partial charge in [-0.1, -0.05) is 170 Å². The molecule has 0 aliphatic heterocycles. The molecule has 57 heavy (non-hydrogen) atoms. The third kappa shape index (κ3) is 5.84. The molecule has 3 heteroatoms. The van der Waals surface area contributed by atoms with Crippen LogP contribution in [0.2, 0.25) is 0 Å². The maximum Gasteiger partial charge on any atom is 0.160 e. The van der Waals surface area contributed by atoms with Gasteiger partial charge in [-0.2, -0.15) is 0 Å². The first-order valence-corrected chi connectivity index (χ1v) is 19.6. The summed E-state index contributed by atoms with van der Waals surface area (Å²) in [5.74, 6) is 0.700. The van der Waals surface area contributed by atoms with E-state index in [4.69, 9.17) is 14.4 Å². The van der Waals surface area contributed by atoms with Gasteiger partial charge in [0.15, 0.2) is 5.82 Å². The highest BCUT2D eigenvalue weighted by Crippen LogP contribution is 2.45. The molecule has 10 aromatic rings. The second-order valence-corrected chi connectivity index (χ2v) is 14.9. The summed E-state index contributed by atoms with van der Waals surface area (Å²) in [7, 11) is 0. The maximum atomic E-state index is 6.47. The molecule has 0 amide bonds. The Bertz CT molecular complexity index is 3070. The first kappa shape index (κ1) is 33.0. The van der Waals surface area contributed by atoms with E-state index in [2.05, 4.69) is 182 Å². The third-order valence-electron chi connectivity index (χ3n) is 11.4. The average Bonchev–Trinajstić information content (AvgIpc) is 3.66. The molecule has 2 aromatic heterocycles. The Morgan fingerprint density at radius 1 is 0.351 bits per heavy atom. The van der Waals surface area contributed by atoms with Crippen molar-refractivity contribution in [3.63, 3.8) is 0 Å². The van der Waals surface area contributed by atoms with E-state index < -0.39 is 0 Å². The molecule has 1 aliphatic rings. The standard InChI is InChI=1S/C54H36N2O/c1-3-15-35(16-4-1)47-34-48(36-17-5-2-6-18-36)56-54(55-47)42-23-13-21-39(32-42)44-27-14-22-40-33-41-29-30-50-53(46-26-11-12-28-49(46)57-50)52(41)45-25-10-8-20-38(45)31-37-19-7-9-24-43(37)51(40)44/h1-30,32,34H,31,33H2. The molecule has 11 rings (SSSR count). The van der Waals surface area contributed by atoms with Gasteiger partial charge in [0, 0.05) is 27.5 Å². The van der Waals surface area contributed by atoms with Crippen molar-refractivity contribution in [1.29, 1.82) is 0 Å². The number of hydrogen-bond donors (Lipinski definition) is 0. The lowest BCUT2D eigenvalue weighted by Gasteiger charge is -2.23. The van der Waals surface area contributed by atoms with Gasteiger partial charge in [-0.3, -0.25) is 0 Å². The average molecular weight is 729 g/mol. The lowest BCUT2D eigenvalue weighted by Crippen LogP contribution is -2.04. The number of fused-ring (bicyclic) bond motifs is 10. The fraction of sp³-hybridized carbons (Fsp3) is 0.0370. The summed E-state index contributed by atoms with van der Waals surface area (Å²) >= 11 is 0. The van der Waals surface area contributed by atoms with Gasteiger partial charge in [-0.15, -0.1) is 0 Å². The van der Waals surface area contributed by atoms with Crippen LogP contribution in [0.3, 0.4) is 0 Å². The highest BCUT2D eigenvalue weighted by molar-refractivity contribution is 6.13. The SMILES string of the molecule is c1ccc(-c2cc(-c3ccccc3)nc(-c3cccc(-c4cccc5c4-c4ccccc4Cc4ccccc4-c4c(ccc6oc7ccccc7c46)C5)c3)n2)cc1. The van der Waals surface area contributed by atoms with Crippen molar-refractivity contribution >= 4 is 21.9 Å². The van der Waals surface area contributed by atoms with Crippen LogP contribution >= 0.6 is 0 Å². The summed E-state index contributed by atoms with van der Waals surface area (Å²) < 4.78 is 6.47. The molecular formula is C54H36N2O. The van der Waals surface area contributed by atoms with Crippen molar-refractivity contribution in [2.45, 2.75) is 12.8 Å². The summed E-state index contributed by atoms with van der Waals surface area (Å²) in [6.45, 7) is 0. The van der Waals surface area contributed by atoms with E-state index in [1.807, 2.05) is 12.1 Å². The molecule has 0 unspecified atom stereocenters. The van der Waals surface area contributed by atoms with Crippen LogP contribution in [0, 0.1) is 0 Å². The van der Waals surface area contributed by atoms with Crippen LogP contribution in [0.15, 0.2) is 199 Å².